The molecule has 1 heterocycles. The molecule has 22 heavy (non-hydrogen) atoms. The number of nitrogens with zero attached hydrogens (tertiary/aromatic N) is 1. The summed E-state index contributed by atoms with van der Waals surface area (Å²) in [6.45, 7) is 3.95. The molecule has 0 bridgehead atoms. The number of aromatic nitrogens is 1. The second-order valence-corrected chi connectivity index (χ2v) is 6.50. The molecule has 1 N–H and O–H groups in total. The molecule has 2 aromatic rings. The maximum atomic E-state index is 11.6. The molecule has 0 fully saturated rings. The molecule has 0 spiro atoms. The highest BCUT2D eigenvalue weighted by Crippen LogP contribution is 2.28. The highest BCUT2D eigenvalue weighted by Gasteiger charge is 2.11. The van der Waals surface area contributed by atoms with Gasteiger partial charge in [0.25, 0.3) is 0 Å². The lowest BCUT2D eigenvalue weighted by atomic mass is 10.1. The van der Waals surface area contributed by atoms with Gasteiger partial charge in [-0.15, -0.1) is 11.3 Å². The van der Waals surface area contributed by atoms with Gasteiger partial charge in [0.05, 0.1) is 18.1 Å². The van der Waals surface area contributed by atoms with Gasteiger partial charge in [-0.3, -0.25) is 10.1 Å². The summed E-state index contributed by atoms with van der Waals surface area (Å²) in [5, 5.41) is 4.11. The molecule has 0 unspecified atom stereocenters. The van der Waals surface area contributed by atoms with Gasteiger partial charge in [0.2, 0.25) is 5.91 Å². The minimum atomic E-state index is -0.715. The van der Waals surface area contributed by atoms with E-state index >= 15 is 0 Å². The summed E-state index contributed by atoms with van der Waals surface area (Å²) in [6.07, 6.45) is -0.715. The molecular formula is C15H16N2O3S2. The predicted molar refractivity (Wildman–Crippen MR) is 88.2 cm³/mol. The molecule has 0 aliphatic heterocycles. The Balaban J connectivity index is 1.88. The lowest BCUT2D eigenvalue weighted by Crippen LogP contribution is -2.32. The molecule has 116 valence electrons. The van der Waals surface area contributed by atoms with Crippen LogP contribution < -0.4 is 5.32 Å². The fourth-order valence-electron chi connectivity index (χ4n) is 1.62. The first-order valence-corrected chi connectivity index (χ1v) is 8.57. The van der Waals surface area contributed by atoms with E-state index in [-0.39, 0.29) is 12.4 Å². The van der Waals surface area contributed by atoms with Crippen molar-refractivity contribution in [2.75, 3.05) is 12.4 Å². The van der Waals surface area contributed by atoms with Gasteiger partial charge in [0, 0.05) is 10.9 Å². The van der Waals surface area contributed by atoms with Gasteiger partial charge in [0.1, 0.15) is 0 Å². The van der Waals surface area contributed by atoms with Crippen molar-refractivity contribution in [2.24, 2.45) is 0 Å². The van der Waals surface area contributed by atoms with Crippen LogP contribution in [0.1, 0.15) is 12.5 Å². The highest BCUT2D eigenvalue weighted by atomic mass is 32.2. The summed E-state index contributed by atoms with van der Waals surface area (Å²) in [5.74, 6) is -0.268. The third kappa shape index (κ3) is 4.85. The average molecular weight is 336 g/mol. The molecule has 0 aliphatic carbocycles. The van der Waals surface area contributed by atoms with E-state index in [0.717, 1.165) is 15.6 Å². The number of benzene rings is 1. The van der Waals surface area contributed by atoms with Gasteiger partial charge in [-0.25, -0.2) is 9.78 Å². The van der Waals surface area contributed by atoms with Crippen LogP contribution in [-0.4, -0.2) is 29.3 Å². The van der Waals surface area contributed by atoms with Gasteiger partial charge < -0.3 is 4.74 Å². The number of carbonyl (C=O) groups excluding carboxylic acids is 2. The topological polar surface area (TPSA) is 68.3 Å². The first-order valence-electron chi connectivity index (χ1n) is 6.70. The molecule has 1 aromatic heterocycles. The molecule has 7 heteroatoms. The first kappa shape index (κ1) is 16.5. The average Bonchev–Trinajstić information content (AvgIpc) is 2.95. The molecule has 0 atom stereocenters. The largest absolute Gasteiger partial charge is 0.450 e. The van der Waals surface area contributed by atoms with Crippen molar-refractivity contribution in [3.05, 3.63) is 35.2 Å². The van der Waals surface area contributed by atoms with Crippen LogP contribution in [0.3, 0.4) is 0 Å². The minimum absolute atomic E-state index is 0.125. The van der Waals surface area contributed by atoms with Crippen LogP contribution in [-0.2, 0) is 9.53 Å². The summed E-state index contributed by atoms with van der Waals surface area (Å²) in [4.78, 5) is 27.1. The zero-order chi connectivity index (χ0) is 15.9. The molecular weight excluding hydrogens is 320 g/mol. The molecule has 2 rings (SSSR count). The van der Waals surface area contributed by atoms with Crippen LogP contribution >= 0.6 is 23.1 Å². The number of aryl methyl sites for hydroxylation is 1. The van der Waals surface area contributed by atoms with Crippen molar-refractivity contribution in [3.63, 3.8) is 0 Å². The van der Waals surface area contributed by atoms with Crippen molar-refractivity contribution >= 4 is 35.1 Å². The fraction of sp³-hybridized carbons (Fsp3) is 0.267. The molecule has 0 saturated carbocycles. The van der Waals surface area contributed by atoms with Crippen LogP contribution in [0, 0.1) is 6.92 Å². The van der Waals surface area contributed by atoms with Crippen molar-refractivity contribution in [3.8, 4) is 11.3 Å². The number of rotatable bonds is 5. The summed E-state index contributed by atoms with van der Waals surface area (Å²) >= 11 is 2.77. The summed E-state index contributed by atoms with van der Waals surface area (Å²) in [5.41, 5.74) is 3.13. The molecule has 2 amide bonds. The maximum absolute atomic E-state index is 11.6. The van der Waals surface area contributed by atoms with Crippen molar-refractivity contribution in [1.29, 1.82) is 0 Å². The number of carbonyl (C=O) groups is 2. The summed E-state index contributed by atoms with van der Waals surface area (Å²) in [6, 6.07) is 8.11. The normalized spacial score (nSPS) is 10.3. The van der Waals surface area contributed by atoms with E-state index in [1.54, 1.807) is 6.92 Å². The fourth-order valence-corrected chi connectivity index (χ4v) is 3.26. The second kappa shape index (κ2) is 7.95. The van der Waals surface area contributed by atoms with Crippen LogP contribution in [0.5, 0.6) is 0 Å². The summed E-state index contributed by atoms with van der Waals surface area (Å²) < 4.78 is 5.43. The number of thiazole rings is 1. The van der Waals surface area contributed by atoms with Crippen LogP contribution in [0.25, 0.3) is 11.3 Å². The third-order valence-corrected chi connectivity index (χ3v) is 4.70. The van der Waals surface area contributed by atoms with Gasteiger partial charge in [0.15, 0.2) is 4.34 Å². The Morgan fingerprint density at radius 2 is 2.05 bits per heavy atom. The van der Waals surface area contributed by atoms with Crippen molar-refractivity contribution in [2.45, 2.75) is 18.2 Å². The van der Waals surface area contributed by atoms with Crippen molar-refractivity contribution < 1.29 is 14.3 Å². The van der Waals surface area contributed by atoms with Crippen molar-refractivity contribution in [1.82, 2.24) is 10.3 Å². The SMILES string of the molecule is CCOC(=O)NC(=O)CSc1nc(-c2ccc(C)cc2)cs1. The second-order valence-electron chi connectivity index (χ2n) is 4.42. The van der Waals surface area contributed by atoms with Gasteiger partial charge >= 0.3 is 6.09 Å². The molecule has 0 saturated heterocycles. The Kier molecular flexibility index (Phi) is 5.97. The smallest absolute Gasteiger partial charge is 0.413 e. The Labute approximate surface area is 137 Å². The Bertz CT molecular complexity index is 653. The Morgan fingerprint density at radius 3 is 2.73 bits per heavy atom. The first-order chi connectivity index (χ1) is 10.6. The van der Waals surface area contributed by atoms with Gasteiger partial charge in [-0.1, -0.05) is 41.6 Å². The van der Waals surface area contributed by atoms with Gasteiger partial charge in [-0.05, 0) is 13.8 Å². The van der Waals surface area contributed by atoms with E-state index < -0.39 is 12.0 Å². The maximum Gasteiger partial charge on any atom is 0.413 e. The highest BCUT2D eigenvalue weighted by molar-refractivity contribution is 8.01. The van der Waals surface area contributed by atoms with Crippen LogP contribution in [0.4, 0.5) is 4.79 Å². The molecule has 0 radical (unpaired) electrons. The standard InChI is InChI=1S/C15H16N2O3S2/c1-3-20-14(19)17-13(18)9-22-15-16-12(8-21-15)11-6-4-10(2)5-7-11/h4-8H,3,9H2,1-2H3,(H,17,18,19). The van der Waals surface area contributed by atoms with E-state index in [0.29, 0.717) is 0 Å². The van der Waals surface area contributed by atoms with Crippen LogP contribution in [0.15, 0.2) is 34.0 Å². The van der Waals surface area contributed by atoms with E-state index in [2.05, 4.69) is 15.0 Å². The molecule has 5 nitrogen and oxygen atoms in total. The number of amides is 2. The lowest BCUT2D eigenvalue weighted by molar-refractivity contribution is -0.117. The Morgan fingerprint density at radius 1 is 1.32 bits per heavy atom. The zero-order valence-electron chi connectivity index (χ0n) is 12.3. The number of imide groups is 1. The van der Waals surface area contributed by atoms with E-state index in [1.807, 2.05) is 36.6 Å². The van der Waals surface area contributed by atoms with Crippen LogP contribution in [0.2, 0.25) is 0 Å². The number of hydrogen-bond acceptors (Lipinski definition) is 6. The third-order valence-electron chi connectivity index (χ3n) is 2.67. The summed E-state index contributed by atoms with van der Waals surface area (Å²) in [7, 11) is 0. The monoisotopic (exact) mass is 336 g/mol. The number of hydrogen-bond donors (Lipinski definition) is 1. The zero-order valence-corrected chi connectivity index (χ0v) is 13.9. The van der Waals surface area contributed by atoms with E-state index in [1.165, 1.54) is 28.7 Å². The minimum Gasteiger partial charge on any atom is -0.450 e. The molecule has 1 aromatic carbocycles. The number of nitrogens with one attached hydrogen (secondary N) is 1. The Hall–Kier alpha value is -1.86. The van der Waals surface area contributed by atoms with E-state index in [9.17, 15) is 9.59 Å². The predicted octanol–water partition coefficient (Wildman–Crippen LogP) is 3.48. The van der Waals surface area contributed by atoms with E-state index in [4.69, 9.17) is 0 Å². The quantitative estimate of drug-likeness (QED) is 0.847. The molecule has 0 aliphatic rings. The van der Waals surface area contributed by atoms with Gasteiger partial charge in [-0.2, -0.15) is 0 Å². The number of ether oxygens (including phenoxy) is 1. The lowest BCUT2D eigenvalue weighted by Gasteiger charge is -2.02. The number of alkyl carbamates (subject to hydrolysis) is 1. The number of thioether (sulfide) groups is 1.